The SMILES string of the molecule is CCC(CC)(CN)NS(=O)(=O)N(C)C(C)C. The highest BCUT2D eigenvalue weighted by molar-refractivity contribution is 7.87. The zero-order chi connectivity index (χ0) is 13.0. The van der Waals surface area contributed by atoms with Crippen molar-refractivity contribution in [1.82, 2.24) is 9.03 Å². The molecule has 0 aliphatic heterocycles. The fraction of sp³-hybridized carbons (Fsp3) is 1.00. The molecule has 0 rings (SSSR count). The van der Waals surface area contributed by atoms with Gasteiger partial charge in [0.05, 0.1) is 0 Å². The van der Waals surface area contributed by atoms with E-state index in [0.29, 0.717) is 19.4 Å². The average Bonchev–Trinajstić information content (AvgIpc) is 2.24. The third-order valence-corrected chi connectivity index (χ3v) is 5.07. The number of nitrogens with one attached hydrogen (secondary N) is 1. The van der Waals surface area contributed by atoms with Gasteiger partial charge in [-0.1, -0.05) is 13.8 Å². The van der Waals surface area contributed by atoms with Crippen LogP contribution in [0, 0.1) is 0 Å². The quantitative estimate of drug-likeness (QED) is 0.698. The molecular weight excluding hydrogens is 226 g/mol. The van der Waals surface area contributed by atoms with E-state index < -0.39 is 15.7 Å². The molecule has 0 fully saturated rings. The molecule has 0 radical (unpaired) electrons. The molecule has 0 aromatic carbocycles. The molecule has 0 unspecified atom stereocenters. The number of hydrogen-bond acceptors (Lipinski definition) is 3. The fourth-order valence-corrected chi connectivity index (χ4v) is 2.97. The maximum absolute atomic E-state index is 12.0. The summed E-state index contributed by atoms with van der Waals surface area (Å²) in [6.45, 7) is 7.86. The predicted molar refractivity (Wildman–Crippen MR) is 67.3 cm³/mol. The molecule has 0 aliphatic rings. The highest BCUT2D eigenvalue weighted by Gasteiger charge is 2.32. The summed E-state index contributed by atoms with van der Waals surface area (Å²) >= 11 is 0. The van der Waals surface area contributed by atoms with Crippen molar-refractivity contribution in [1.29, 1.82) is 0 Å². The van der Waals surface area contributed by atoms with Gasteiger partial charge < -0.3 is 5.73 Å². The topological polar surface area (TPSA) is 75.4 Å². The monoisotopic (exact) mass is 251 g/mol. The molecule has 5 nitrogen and oxygen atoms in total. The van der Waals surface area contributed by atoms with E-state index in [1.54, 1.807) is 7.05 Å². The smallest absolute Gasteiger partial charge is 0.279 e. The molecule has 0 bridgehead atoms. The van der Waals surface area contributed by atoms with Crippen LogP contribution in [0.5, 0.6) is 0 Å². The predicted octanol–water partition coefficient (Wildman–Crippen LogP) is 0.679. The Kier molecular flexibility index (Phi) is 5.89. The van der Waals surface area contributed by atoms with Crippen LogP contribution in [0.3, 0.4) is 0 Å². The largest absolute Gasteiger partial charge is 0.329 e. The van der Waals surface area contributed by atoms with Gasteiger partial charge >= 0.3 is 0 Å². The van der Waals surface area contributed by atoms with Gasteiger partial charge in [-0.25, -0.2) is 0 Å². The van der Waals surface area contributed by atoms with Crippen molar-refractivity contribution in [3.05, 3.63) is 0 Å². The van der Waals surface area contributed by atoms with Gasteiger partial charge in [-0.2, -0.15) is 17.4 Å². The van der Waals surface area contributed by atoms with Crippen molar-refractivity contribution in [3.63, 3.8) is 0 Å². The molecule has 0 aromatic heterocycles. The Labute approximate surface area is 99.6 Å². The van der Waals surface area contributed by atoms with Crippen molar-refractivity contribution in [3.8, 4) is 0 Å². The van der Waals surface area contributed by atoms with Crippen LogP contribution in [0.4, 0.5) is 0 Å². The van der Waals surface area contributed by atoms with Crippen LogP contribution < -0.4 is 10.5 Å². The van der Waals surface area contributed by atoms with Gasteiger partial charge in [0.2, 0.25) is 0 Å². The lowest BCUT2D eigenvalue weighted by Gasteiger charge is -2.34. The molecule has 3 N–H and O–H groups in total. The van der Waals surface area contributed by atoms with Gasteiger partial charge in [-0.15, -0.1) is 0 Å². The van der Waals surface area contributed by atoms with E-state index in [1.165, 1.54) is 4.31 Å². The Morgan fingerprint density at radius 1 is 1.31 bits per heavy atom. The van der Waals surface area contributed by atoms with Crippen molar-refractivity contribution in [2.24, 2.45) is 5.73 Å². The number of nitrogens with zero attached hydrogens (tertiary/aromatic N) is 1. The minimum absolute atomic E-state index is 0.0679. The second-order valence-corrected chi connectivity index (χ2v) is 6.14. The van der Waals surface area contributed by atoms with Gasteiger partial charge in [-0.3, -0.25) is 0 Å². The van der Waals surface area contributed by atoms with Crippen molar-refractivity contribution in [2.75, 3.05) is 13.6 Å². The minimum atomic E-state index is -3.45. The van der Waals surface area contributed by atoms with Crippen molar-refractivity contribution < 1.29 is 8.42 Å². The molecule has 0 heterocycles. The molecule has 0 aromatic rings. The highest BCUT2D eigenvalue weighted by Crippen LogP contribution is 2.16. The second kappa shape index (κ2) is 5.95. The summed E-state index contributed by atoms with van der Waals surface area (Å²) in [4.78, 5) is 0. The zero-order valence-corrected chi connectivity index (χ0v) is 11.8. The number of rotatable bonds is 7. The number of nitrogens with two attached hydrogens (primary N) is 1. The zero-order valence-electron chi connectivity index (χ0n) is 10.9. The fourth-order valence-electron chi connectivity index (χ4n) is 1.35. The molecule has 16 heavy (non-hydrogen) atoms. The molecular formula is C10H25N3O2S. The Bertz CT molecular complexity index is 289. The molecule has 0 amide bonds. The van der Waals surface area contributed by atoms with Crippen LogP contribution in [0.15, 0.2) is 0 Å². The molecule has 0 spiro atoms. The van der Waals surface area contributed by atoms with E-state index in [4.69, 9.17) is 5.73 Å². The molecule has 0 aliphatic carbocycles. The molecule has 0 saturated carbocycles. The van der Waals surface area contributed by atoms with Gasteiger partial charge in [0.25, 0.3) is 10.2 Å². The van der Waals surface area contributed by atoms with Crippen molar-refractivity contribution >= 4 is 10.2 Å². The van der Waals surface area contributed by atoms with Crippen LogP contribution in [-0.2, 0) is 10.2 Å². The molecule has 0 saturated heterocycles. The van der Waals surface area contributed by atoms with E-state index in [0.717, 1.165) is 0 Å². The summed E-state index contributed by atoms with van der Waals surface area (Å²) in [7, 11) is -1.88. The Morgan fingerprint density at radius 3 is 2.00 bits per heavy atom. The van der Waals surface area contributed by atoms with Crippen LogP contribution in [0.2, 0.25) is 0 Å². The second-order valence-electron chi connectivity index (χ2n) is 4.41. The molecule has 6 heteroatoms. The average molecular weight is 251 g/mol. The lowest BCUT2D eigenvalue weighted by atomic mass is 9.95. The van der Waals surface area contributed by atoms with Crippen LogP contribution in [-0.4, -0.2) is 37.9 Å². The minimum Gasteiger partial charge on any atom is -0.329 e. The first-order valence-electron chi connectivity index (χ1n) is 5.71. The summed E-state index contributed by atoms with van der Waals surface area (Å²) in [5.41, 5.74) is 5.14. The van der Waals surface area contributed by atoms with Crippen LogP contribution in [0.1, 0.15) is 40.5 Å². The van der Waals surface area contributed by atoms with Gasteiger partial charge in [-0.05, 0) is 26.7 Å². The van der Waals surface area contributed by atoms with E-state index in [9.17, 15) is 8.42 Å². The third kappa shape index (κ3) is 3.69. The Morgan fingerprint density at radius 2 is 1.75 bits per heavy atom. The molecule has 0 atom stereocenters. The standard InChI is InChI=1S/C10H25N3O2S/c1-6-10(7-2,8-11)12-16(14,15)13(5)9(3)4/h9,12H,6-8,11H2,1-5H3. The lowest BCUT2D eigenvalue weighted by Crippen LogP contribution is -2.57. The first-order chi connectivity index (χ1) is 7.24. The van der Waals surface area contributed by atoms with Crippen LogP contribution >= 0.6 is 0 Å². The number of hydrogen-bond donors (Lipinski definition) is 2. The van der Waals surface area contributed by atoms with E-state index in [1.807, 2.05) is 27.7 Å². The van der Waals surface area contributed by atoms with Gasteiger partial charge in [0, 0.05) is 25.2 Å². The van der Waals surface area contributed by atoms with E-state index in [2.05, 4.69) is 4.72 Å². The lowest BCUT2D eigenvalue weighted by molar-refractivity contribution is 0.334. The third-order valence-electron chi connectivity index (χ3n) is 3.20. The summed E-state index contributed by atoms with van der Waals surface area (Å²) in [5.74, 6) is 0. The summed E-state index contributed by atoms with van der Waals surface area (Å²) in [6.07, 6.45) is 1.37. The Balaban J connectivity index is 4.94. The maximum atomic E-state index is 12.0. The van der Waals surface area contributed by atoms with E-state index in [-0.39, 0.29) is 6.04 Å². The van der Waals surface area contributed by atoms with E-state index >= 15 is 0 Å². The van der Waals surface area contributed by atoms with Gasteiger partial charge in [0.15, 0.2) is 0 Å². The summed E-state index contributed by atoms with van der Waals surface area (Å²) in [6, 6.07) is -0.0679. The normalized spacial score (nSPS) is 13.8. The summed E-state index contributed by atoms with van der Waals surface area (Å²) in [5, 5.41) is 0. The van der Waals surface area contributed by atoms with Crippen molar-refractivity contribution in [2.45, 2.75) is 52.1 Å². The Hall–Kier alpha value is -0.170. The highest BCUT2D eigenvalue weighted by atomic mass is 32.2. The first-order valence-corrected chi connectivity index (χ1v) is 7.15. The first kappa shape index (κ1) is 15.8. The molecule has 98 valence electrons. The summed E-state index contributed by atoms with van der Waals surface area (Å²) < 4.78 is 28.1. The maximum Gasteiger partial charge on any atom is 0.279 e. The van der Waals surface area contributed by atoms with Gasteiger partial charge in [0.1, 0.15) is 0 Å². The van der Waals surface area contributed by atoms with Crippen LogP contribution in [0.25, 0.3) is 0 Å².